The SMILES string of the molecule is CCCC.O=[N+]([O-])c1ccccc1O. The molecule has 0 unspecified atom stereocenters. The molecule has 0 amide bonds. The van der Waals surface area contributed by atoms with Gasteiger partial charge in [0.05, 0.1) is 4.92 Å². The van der Waals surface area contributed by atoms with Gasteiger partial charge >= 0.3 is 5.69 Å². The number of aromatic hydroxyl groups is 1. The summed E-state index contributed by atoms with van der Waals surface area (Å²) >= 11 is 0. The third-order valence-corrected chi connectivity index (χ3v) is 1.58. The lowest BCUT2D eigenvalue weighted by Crippen LogP contribution is -1.86. The maximum atomic E-state index is 10.1. The maximum Gasteiger partial charge on any atom is 0.310 e. The summed E-state index contributed by atoms with van der Waals surface area (Å²) in [5.41, 5.74) is -0.262. The van der Waals surface area contributed by atoms with Crippen LogP contribution in [0.5, 0.6) is 5.75 Å². The van der Waals surface area contributed by atoms with E-state index in [1.165, 1.54) is 37.1 Å². The van der Waals surface area contributed by atoms with E-state index in [0.717, 1.165) is 0 Å². The van der Waals surface area contributed by atoms with Gasteiger partial charge < -0.3 is 5.11 Å². The molecule has 0 heterocycles. The lowest BCUT2D eigenvalue weighted by molar-refractivity contribution is -0.385. The van der Waals surface area contributed by atoms with E-state index < -0.39 is 4.92 Å². The highest BCUT2D eigenvalue weighted by Gasteiger charge is 2.09. The number of unbranched alkanes of at least 4 members (excludes halogenated alkanes) is 1. The van der Waals surface area contributed by atoms with Crippen molar-refractivity contribution >= 4 is 5.69 Å². The number of rotatable bonds is 2. The Hall–Kier alpha value is -1.58. The van der Waals surface area contributed by atoms with Crippen LogP contribution in [0.2, 0.25) is 0 Å². The monoisotopic (exact) mass is 197 g/mol. The molecule has 0 atom stereocenters. The number of hydrogen-bond donors (Lipinski definition) is 1. The summed E-state index contributed by atoms with van der Waals surface area (Å²) in [6.45, 7) is 4.36. The molecule has 1 rings (SSSR count). The Labute approximate surface area is 83.3 Å². The van der Waals surface area contributed by atoms with E-state index in [4.69, 9.17) is 5.11 Å². The van der Waals surface area contributed by atoms with E-state index in [2.05, 4.69) is 13.8 Å². The highest BCUT2D eigenvalue weighted by atomic mass is 16.6. The molecule has 4 nitrogen and oxygen atoms in total. The summed E-state index contributed by atoms with van der Waals surface area (Å²) in [5, 5.41) is 18.9. The minimum atomic E-state index is -0.630. The number of phenols is 1. The highest BCUT2D eigenvalue weighted by molar-refractivity contribution is 5.44. The van der Waals surface area contributed by atoms with Crippen molar-refractivity contribution in [1.29, 1.82) is 0 Å². The molecule has 1 aromatic rings. The van der Waals surface area contributed by atoms with Crippen LogP contribution in [0.15, 0.2) is 24.3 Å². The van der Waals surface area contributed by atoms with Gasteiger partial charge in [-0.25, -0.2) is 0 Å². The van der Waals surface area contributed by atoms with Gasteiger partial charge in [-0.05, 0) is 6.07 Å². The minimum Gasteiger partial charge on any atom is -0.502 e. The molecule has 0 bridgehead atoms. The molecule has 0 fully saturated rings. The van der Waals surface area contributed by atoms with E-state index in [0.29, 0.717) is 0 Å². The minimum absolute atomic E-state index is 0.262. The van der Waals surface area contributed by atoms with Gasteiger partial charge in [0.2, 0.25) is 0 Å². The fraction of sp³-hybridized carbons (Fsp3) is 0.400. The number of hydrogen-bond acceptors (Lipinski definition) is 3. The normalized spacial score (nSPS) is 8.71. The predicted molar refractivity (Wildman–Crippen MR) is 55.3 cm³/mol. The summed E-state index contributed by atoms with van der Waals surface area (Å²) in [6, 6.07) is 5.55. The lowest BCUT2D eigenvalue weighted by atomic mass is 10.3. The Morgan fingerprint density at radius 2 is 1.79 bits per heavy atom. The second-order valence-electron chi connectivity index (χ2n) is 2.75. The number of phenolic OH excluding ortho intramolecular Hbond substituents is 1. The van der Waals surface area contributed by atoms with Crippen molar-refractivity contribution in [2.75, 3.05) is 0 Å². The van der Waals surface area contributed by atoms with Crippen molar-refractivity contribution in [3.63, 3.8) is 0 Å². The van der Waals surface area contributed by atoms with Crippen LogP contribution in [-0.2, 0) is 0 Å². The summed E-state index contributed by atoms with van der Waals surface area (Å²) in [6.07, 6.45) is 2.64. The first-order valence-electron chi connectivity index (χ1n) is 4.55. The molecule has 4 heteroatoms. The zero-order valence-corrected chi connectivity index (χ0v) is 8.43. The molecule has 0 aliphatic rings. The molecule has 0 saturated heterocycles. The van der Waals surface area contributed by atoms with Crippen molar-refractivity contribution < 1.29 is 10.0 Å². The van der Waals surface area contributed by atoms with Crippen molar-refractivity contribution in [3.05, 3.63) is 34.4 Å². The molecule has 0 aliphatic heterocycles. The van der Waals surface area contributed by atoms with E-state index >= 15 is 0 Å². The zero-order chi connectivity index (χ0) is 11.0. The lowest BCUT2D eigenvalue weighted by Gasteiger charge is -1.91. The Morgan fingerprint density at radius 3 is 2.07 bits per heavy atom. The summed E-state index contributed by atoms with van der Waals surface area (Å²) in [4.78, 5) is 9.44. The van der Waals surface area contributed by atoms with E-state index in [9.17, 15) is 10.1 Å². The van der Waals surface area contributed by atoms with Crippen LogP contribution >= 0.6 is 0 Å². The van der Waals surface area contributed by atoms with Crippen molar-refractivity contribution in [1.82, 2.24) is 0 Å². The average molecular weight is 197 g/mol. The van der Waals surface area contributed by atoms with Crippen molar-refractivity contribution in [2.45, 2.75) is 26.7 Å². The fourth-order valence-corrected chi connectivity index (χ4v) is 0.619. The van der Waals surface area contributed by atoms with Gasteiger partial charge in [-0.1, -0.05) is 38.8 Å². The summed E-state index contributed by atoms with van der Waals surface area (Å²) in [7, 11) is 0. The topological polar surface area (TPSA) is 63.4 Å². The van der Waals surface area contributed by atoms with Gasteiger partial charge in [-0.3, -0.25) is 10.1 Å². The zero-order valence-electron chi connectivity index (χ0n) is 8.43. The van der Waals surface area contributed by atoms with Crippen LogP contribution in [0, 0.1) is 10.1 Å². The number of nitro benzene ring substituents is 1. The van der Waals surface area contributed by atoms with Gasteiger partial charge in [0.15, 0.2) is 5.75 Å². The standard InChI is InChI=1S/C6H5NO3.C4H10/c8-6-4-2-1-3-5(6)7(9)10;1-3-4-2/h1-4,8H;3-4H2,1-2H3. The molecule has 0 spiro atoms. The third-order valence-electron chi connectivity index (χ3n) is 1.58. The molecule has 0 radical (unpaired) electrons. The van der Waals surface area contributed by atoms with Crippen LogP contribution in [0.4, 0.5) is 5.69 Å². The fourth-order valence-electron chi connectivity index (χ4n) is 0.619. The molecule has 0 saturated carbocycles. The summed E-state index contributed by atoms with van der Waals surface area (Å²) < 4.78 is 0. The molecule has 1 aromatic carbocycles. The number of para-hydroxylation sites is 2. The third kappa shape index (κ3) is 4.45. The molecule has 14 heavy (non-hydrogen) atoms. The van der Waals surface area contributed by atoms with E-state index in [1.807, 2.05) is 0 Å². The maximum absolute atomic E-state index is 10.1. The highest BCUT2D eigenvalue weighted by Crippen LogP contribution is 2.23. The Bertz CT molecular complexity index is 284. The first-order chi connectivity index (χ1) is 6.63. The van der Waals surface area contributed by atoms with Crippen LogP contribution in [0.25, 0.3) is 0 Å². The molecule has 78 valence electrons. The first-order valence-corrected chi connectivity index (χ1v) is 4.55. The molecular weight excluding hydrogens is 182 g/mol. The molecular formula is C10H15NO3. The average Bonchev–Trinajstić information content (AvgIpc) is 2.18. The number of nitro groups is 1. The van der Waals surface area contributed by atoms with Crippen molar-refractivity contribution in [2.24, 2.45) is 0 Å². The largest absolute Gasteiger partial charge is 0.502 e. The van der Waals surface area contributed by atoms with Crippen LogP contribution in [-0.4, -0.2) is 10.0 Å². The van der Waals surface area contributed by atoms with Gasteiger partial charge in [-0.2, -0.15) is 0 Å². The first kappa shape index (κ1) is 12.4. The van der Waals surface area contributed by atoms with Crippen molar-refractivity contribution in [3.8, 4) is 5.75 Å². The van der Waals surface area contributed by atoms with Gasteiger partial charge in [-0.15, -0.1) is 0 Å². The van der Waals surface area contributed by atoms with Crippen LogP contribution in [0.1, 0.15) is 26.7 Å². The Kier molecular flexibility index (Phi) is 6.11. The van der Waals surface area contributed by atoms with Gasteiger partial charge in [0, 0.05) is 6.07 Å². The van der Waals surface area contributed by atoms with E-state index in [1.54, 1.807) is 0 Å². The Morgan fingerprint density at radius 1 is 1.29 bits per heavy atom. The van der Waals surface area contributed by atoms with Gasteiger partial charge in [0.1, 0.15) is 0 Å². The smallest absolute Gasteiger partial charge is 0.310 e. The number of benzene rings is 1. The molecule has 1 N–H and O–H groups in total. The second-order valence-corrected chi connectivity index (χ2v) is 2.75. The quantitative estimate of drug-likeness (QED) is 0.585. The van der Waals surface area contributed by atoms with E-state index in [-0.39, 0.29) is 11.4 Å². The Balaban J connectivity index is 0.000000364. The molecule has 0 aromatic heterocycles. The predicted octanol–water partition coefficient (Wildman–Crippen LogP) is 3.11. The summed E-state index contributed by atoms with van der Waals surface area (Å²) in [5.74, 6) is -0.299. The second kappa shape index (κ2) is 6.88. The van der Waals surface area contributed by atoms with Crippen LogP contribution in [0.3, 0.4) is 0 Å². The molecule has 0 aliphatic carbocycles. The number of nitrogens with zero attached hydrogens (tertiary/aromatic N) is 1. The van der Waals surface area contributed by atoms with Crippen LogP contribution < -0.4 is 0 Å². The van der Waals surface area contributed by atoms with Gasteiger partial charge in [0.25, 0.3) is 0 Å².